The Hall–Kier alpha value is -2.08. The fraction of sp³-hybridized carbons (Fsp3) is 0.231. The molecule has 2 aromatic heterocycles. The minimum atomic E-state index is -0.808. The zero-order valence-corrected chi connectivity index (χ0v) is 11.7. The third kappa shape index (κ3) is 12.2. The smallest absolute Gasteiger partial charge is 0.309 e. The van der Waals surface area contributed by atoms with Gasteiger partial charge in [-0.2, -0.15) is 0 Å². The highest BCUT2D eigenvalue weighted by atomic mass is 32.1. The van der Waals surface area contributed by atoms with Crippen LogP contribution >= 0.6 is 12.2 Å². The number of hydrogen-bond donors (Lipinski definition) is 3. The van der Waals surface area contributed by atoms with Crippen molar-refractivity contribution in [1.29, 1.82) is 0 Å². The summed E-state index contributed by atoms with van der Waals surface area (Å²) in [6.07, 6.45) is 5.78. The molecule has 0 aliphatic heterocycles. The molecule has 2 rings (SSSR count). The zero-order valence-electron chi connectivity index (χ0n) is 10.9. The quantitative estimate of drug-likeness (QED) is 0.740. The summed E-state index contributed by atoms with van der Waals surface area (Å²) >= 11 is 4.09. The van der Waals surface area contributed by atoms with Crippen molar-refractivity contribution in [2.24, 2.45) is 7.05 Å². The van der Waals surface area contributed by atoms with Crippen molar-refractivity contribution in [2.75, 3.05) is 0 Å². The van der Waals surface area contributed by atoms with Gasteiger partial charge in [0.2, 0.25) is 0 Å². The van der Waals surface area contributed by atoms with E-state index >= 15 is 0 Å². The number of carbonyl (C=O) groups is 1. The van der Waals surface area contributed by atoms with Crippen LogP contribution in [0.1, 0.15) is 12.6 Å². The molecule has 0 aliphatic carbocycles. The van der Waals surface area contributed by atoms with E-state index in [1.165, 1.54) is 6.92 Å². The maximum Gasteiger partial charge on any atom is 0.309 e. The van der Waals surface area contributed by atoms with Gasteiger partial charge in [-0.15, -0.1) is 0 Å². The molecule has 0 bridgehead atoms. The van der Waals surface area contributed by atoms with Crippen LogP contribution in [0.2, 0.25) is 0 Å². The van der Waals surface area contributed by atoms with E-state index in [-0.39, 0.29) is 11.5 Å². The molecule has 3 N–H and O–H groups in total. The van der Waals surface area contributed by atoms with E-state index in [0.29, 0.717) is 0 Å². The predicted molar refractivity (Wildman–Crippen MR) is 78.4 cm³/mol. The Kier molecular flexibility index (Phi) is 8.82. The van der Waals surface area contributed by atoms with Gasteiger partial charge in [-0.1, -0.05) is 0 Å². The first-order valence-corrected chi connectivity index (χ1v) is 5.93. The normalized spacial score (nSPS) is 8.53. The average Bonchev–Trinajstić information content (AvgIpc) is 2.90. The minimum absolute atomic E-state index is 0.000000000000000222. The molecule has 2 aromatic rings. The zero-order chi connectivity index (χ0) is 14.7. The van der Waals surface area contributed by atoms with Gasteiger partial charge in [-0.3, -0.25) is 4.79 Å². The van der Waals surface area contributed by atoms with Crippen molar-refractivity contribution in [3.63, 3.8) is 0 Å². The number of aliphatic carboxylic acids is 1. The van der Waals surface area contributed by atoms with E-state index in [2.05, 4.69) is 17.2 Å². The number of carboxylic acid groups (broad SMARTS) is 1. The van der Waals surface area contributed by atoms with Gasteiger partial charge < -0.3 is 19.8 Å². The number of thiocarbonyl (C=S) groups is 1. The fourth-order valence-electron chi connectivity index (χ4n) is 1.06. The van der Waals surface area contributed by atoms with Crippen LogP contribution in [-0.4, -0.2) is 30.8 Å². The summed E-state index contributed by atoms with van der Waals surface area (Å²) in [7, 11) is 2.00. The lowest BCUT2D eigenvalue weighted by Gasteiger charge is -1.86. The molecule has 6 heteroatoms. The molecule has 0 saturated carbocycles. The largest absolute Gasteiger partial charge is 0.502 e. The lowest BCUT2D eigenvalue weighted by molar-refractivity contribution is -0.136. The van der Waals surface area contributed by atoms with Crippen LogP contribution in [0.4, 0.5) is 0 Å². The monoisotopic (exact) mass is 282 g/mol. The van der Waals surface area contributed by atoms with E-state index < -0.39 is 5.97 Å². The second-order valence-corrected chi connectivity index (χ2v) is 4.22. The topological polar surface area (TPSA) is 78.2 Å². The fourth-order valence-corrected chi connectivity index (χ4v) is 1.06. The van der Waals surface area contributed by atoms with E-state index in [0.717, 1.165) is 5.69 Å². The molecule has 19 heavy (non-hydrogen) atoms. The summed E-state index contributed by atoms with van der Waals surface area (Å²) in [5.74, 6) is -0.808. The standard InChI is InChI=1S/C6H7NO2.C5H7N.C2H4OS/c8-6(9)4-5-2-1-3-7-5;1-6-4-2-3-5-6;1-2(3)4/h1-3,7H,4H2,(H,8,9);2-5H,1H3;1H3,(H,3,4). The summed E-state index contributed by atoms with van der Waals surface area (Å²) in [6, 6.07) is 7.52. The first-order valence-electron chi connectivity index (χ1n) is 5.52. The van der Waals surface area contributed by atoms with Crippen molar-refractivity contribution < 1.29 is 15.0 Å². The van der Waals surface area contributed by atoms with E-state index in [1.54, 1.807) is 18.3 Å². The van der Waals surface area contributed by atoms with Crippen molar-refractivity contribution in [3.05, 3.63) is 48.5 Å². The number of H-pyrrole nitrogens is 1. The number of nitrogens with zero attached hydrogens (tertiary/aromatic N) is 1. The third-order valence-corrected chi connectivity index (χ3v) is 1.76. The molecule has 0 aromatic carbocycles. The molecule has 0 unspecified atom stereocenters. The Labute approximate surface area is 117 Å². The number of rotatable bonds is 2. The van der Waals surface area contributed by atoms with Crippen molar-refractivity contribution in [2.45, 2.75) is 13.3 Å². The molecule has 2 heterocycles. The molecule has 104 valence electrons. The van der Waals surface area contributed by atoms with Gasteiger partial charge in [-0.25, -0.2) is 0 Å². The minimum Gasteiger partial charge on any atom is -0.502 e. The molecular formula is C13H18N2O3S. The van der Waals surface area contributed by atoms with Crippen LogP contribution in [0, 0.1) is 0 Å². The molecule has 0 radical (unpaired) electrons. The van der Waals surface area contributed by atoms with Crippen molar-refractivity contribution in [3.8, 4) is 0 Å². The highest BCUT2D eigenvalue weighted by Gasteiger charge is 1.97. The lowest BCUT2D eigenvalue weighted by atomic mass is 10.3. The maximum atomic E-state index is 10.0. The van der Waals surface area contributed by atoms with Gasteiger partial charge in [0.1, 0.15) is 0 Å². The van der Waals surface area contributed by atoms with Gasteiger partial charge >= 0.3 is 5.97 Å². The second-order valence-electron chi connectivity index (χ2n) is 3.63. The molecule has 5 nitrogen and oxygen atoms in total. The molecule has 0 aliphatic rings. The van der Waals surface area contributed by atoms with Crippen LogP contribution in [0.15, 0.2) is 42.9 Å². The highest BCUT2D eigenvalue weighted by molar-refractivity contribution is 7.79. The lowest BCUT2D eigenvalue weighted by Crippen LogP contribution is -1.99. The van der Waals surface area contributed by atoms with Gasteiger partial charge in [0.15, 0.2) is 5.05 Å². The number of aryl methyl sites for hydroxylation is 1. The van der Waals surface area contributed by atoms with Crippen molar-refractivity contribution >= 4 is 23.2 Å². The summed E-state index contributed by atoms with van der Waals surface area (Å²) in [6.45, 7) is 1.45. The predicted octanol–water partition coefficient (Wildman–Crippen LogP) is 2.56. The Bertz CT molecular complexity index is 460. The van der Waals surface area contributed by atoms with Crippen LogP contribution < -0.4 is 0 Å². The molecule has 0 saturated heterocycles. The number of hydrogen-bond acceptors (Lipinski definition) is 2. The molecular weight excluding hydrogens is 264 g/mol. The SMILES string of the molecule is CC(O)=S.Cn1cccc1.O=C(O)Cc1ccc[nH]1. The third-order valence-electron chi connectivity index (χ3n) is 1.76. The van der Waals surface area contributed by atoms with Gasteiger partial charge in [0.05, 0.1) is 6.42 Å². The Balaban J connectivity index is 0.000000281. The van der Waals surface area contributed by atoms with Crippen LogP contribution in [0.25, 0.3) is 0 Å². The number of nitrogens with one attached hydrogen (secondary N) is 1. The maximum absolute atomic E-state index is 10.0. The van der Waals surface area contributed by atoms with Gasteiger partial charge in [0.25, 0.3) is 0 Å². The Morgan fingerprint density at radius 3 is 2.11 bits per heavy atom. The number of carboxylic acids is 1. The molecule has 0 spiro atoms. The Morgan fingerprint density at radius 2 is 1.84 bits per heavy atom. The first kappa shape index (κ1) is 16.9. The first-order chi connectivity index (χ1) is 8.91. The van der Waals surface area contributed by atoms with E-state index in [1.807, 2.05) is 36.1 Å². The Morgan fingerprint density at radius 1 is 1.32 bits per heavy atom. The van der Waals surface area contributed by atoms with E-state index in [9.17, 15) is 4.79 Å². The van der Waals surface area contributed by atoms with Crippen LogP contribution in [0.3, 0.4) is 0 Å². The number of aliphatic hydroxyl groups excluding tert-OH is 1. The van der Waals surface area contributed by atoms with Crippen molar-refractivity contribution in [1.82, 2.24) is 9.55 Å². The number of aromatic nitrogens is 2. The molecule has 0 amide bonds. The van der Waals surface area contributed by atoms with E-state index in [4.69, 9.17) is 10.2 Å². The summed E-state index contributed by atoms with van der Waals surface area (Å²) < 4.78 is 2.00. The van der Waals surface area contributed by atoms with Crippen LogP contribution in [-0.2, 0) is 18.3 Å². The van der Waals surface area contributed by atoms with Gasteiger partial charge in [-0.05, 0) is 36.5 Å². The summed E-state index contributed by atoms with van der Waals surface area (Å²) in [5, 5.41) is 16.1. The summed E-state index contributed by atoms with van der Waals surface area (Å²) in [4.78, 5) is 12.8. The van der Waals surface area contributed by atoms with Gasteiger partial charge in [0, 0.05) is 38.3 Å². The summed E-state index contributed by atoms with van der Waals surface area (Å²) in [5.41, 5.74) is 0.738. The van der Waals surface area contributed by atoms with Crippen LogP contribution in [0.5, 0.6) is 0 Å². The number of aromatic amines is 1. The second kappa shape index (κ2) is 9.90. The number of aliphatic hydroxyl groups is 1. The highest BCUT2D eigenvalue weighted by Crippen LogP contribution is 1.94. The molecule has 0 atom stereocenters. The average molecular weight is 282 g/mol. The molecule has 0 fully saturated rings.